The van der Waals surface area contributed by atoms with Gasteiger partial charge in [0.1, 0.15) is 5.78 Å². The summed E-state index contributed by atoms with van der Waals surface area (Å²) in [6.07, 6.45) is 5.47. The molecule has 0 aliphatic rings. The van der Waals surface area contributed by atoms with Gasteiger partial charge in [-0.2, -0.15) is 0 Å². The Morgan fingerprint density at radius 3 is 2.82 bits per heavy atom. The van der Waals surface area contributed by atoms with E-state index in [9.17, 15) is 4.79 Å². The van der Waals surface area contributed by atoms with Gasteiger partial charge in [-0.1, -0.05) is 36.3 Å². The maximum atomic E-state index is 11.3. The van der Waals surface area contributed by atoms with Crippen molar-refractivity contribution in [1.29, 1.82) is 0 Å². The van der Waals surface area contributed by atoms with Crippen LogP contribution in [0.3, 0.4) is 0 Å². The van der Waals surface area contributed by atoms with Gasteiger partial charge in [-0.3, -0.25) is 10.1 Å². The van der Waals surface area contributed by atoms with Crippen molar-refractivity contribution in [2.24, 2.45) is 0 Å². The summed E-state index contributed by atoms with van der Waals surface area (Å²) in [4.78, 5) is 11.3. The number of hydrogen-bond donors (Lipinski definition) is 1. The van der Waals surface area contributed by atoms with Crippen LogP contribution in [-0.2, 0) is 16.1 Å². The van der Waals surface area contributed by atoms with E-state index in [4.69, 9.17) is 11.2 Å². The molecule has 0 aliphatic heterocycles. The van der Waals surface area contributed by atoms with Crippen molar-refractivity contribution in [2.75, 3.05) is 19.7 Å². The first-order chi connectivity index (χ1) is 8.33. The fourth-order valence-corrected chi connectivity index (χ4v) is 1.31. The molecule has 0 atom stereocenters. The van der Waals surface area contributed by atoms with Crippen molar-refractivity contribution in [3.63, 3.8) is 0 Å². The predicted molar refractivity (Wildman–Crippen MR) is 67.4 cm³/mol. The Morgan fingerprint density at radius 2 is 2.12 bits per heavy atom. The van der Waals surface area contributed by atoms with E-state index in [-0.39, 0.29) is 5.78 Å². The standard InChI is InChI=1S/C14H17NO2/c1-2-9-15-11-14(16)8-10-17-12-13-6-4-3-5-7-13/h1,3-7,15H,8-12H2. The monoisotopic (exact) mass is 231 g/mol. The highest BCUT2D eigenvalue weighted by molar-refractivity contribution is 5.80. The molecule has 3 heteroatoms. The van der Waals surface area contributed by atoms with Gasteiger partial charge in [0.2, 0.25) is 0 Å². The lowest BCUT2D eigenvalue weighted by Gasteiger charge is -2.04. The van der Waals surface area contributed by atoms with Crippen LogP contribution in [0.5, 0.6) is 0 Å². The predicted octanol–water partition coefficient (Wildman–Crippen LogP) is 1.39. The molecular formula is C14H17NO2. The van der Waals surface area contributed by atoms with Crippen molar-refractivity contribution in [3.05, 3.63) is 35.9 Å². The molecule has 1 aromatic rings. The molecule has 17 heavy (non-hydrogen) atoms. The number of terminal acetylenes is 1. The summed E-state index contributed by atoms with van der Waals surface area (Å²) in [7, 11) is 0. The van der Waals surface area contributed by atoms with Crippen LogP contribution in [0.25, 0.3) is 0 Å². The summed E-state index contributed by atoms with van der Waals surface area (Å²) in [5, 5.41) is 2.85. The van der Waals surface area contributed by atoms with Crippen LogP contribution in [0, 0.1) is 12.3 Å². The van der Waals surface area contributed by atoms with Gasteiger partial charge in [0, 0.05) is 6.42 Å². The first-order valence-corrected chi connectivity index (χ1v) is 5.60. The lowest BCUT2D eigenvalue weighted by Crippen LogP contribution is -2.23. The SMILES string of the molecule is C#CCNCC(=O)CCOCc1ccccc1. The average molecular weight is 231 g/mol. The van der Waals surface area contributed by atoms with E-state index < -0.39 is 0 Å². The third-order valence-electron chi connectivity index (χ3n) is 2.19. The Morgan fingerprint density at radius 1 is 1.35 bits per heavy atom. The normalized spacial score (nSPS) is 9.82. The Hall–Kier alpha value is -1.63. The largest absolute Gasteiger partial charge is 0.376 e. The van der Waals surface area contributed by atoms with Crippen LogP contribution in [0.4, 0.5) is 0 Å². The summed E-state index contributed by atoms with van der Waals surface area (Å²) in [6.45, 7) is 1.74. The number of benzene rings is 1. The number of ketones is 1. The van der Waals surface area contributed by atoms with Gasteiger partial charge in [0.15, 0.2) is 0 Å². The summed E-state index contributed by atoms with van der Waals surface area (Å²) >= 11 is 0. The molecule has 0 fully saturated rings. The number of Topliss-reactive ketones (excluding diaryl/α,β-unsaturated/α-hetero) is 1. The summed E-state index contributed by atoms with van der Waals surface area (Å²) < 4.78 is 5.41. The van der Waals surface area contributed by atoms with Gasteiger partial charge in [0.25, 0.3) is 0 Å². The molecule has 1 aromatic carbocycles. The average Bonchev–Trinajstić information content (AvgIpc) is 2.36. The molecule has 3 nitrogen and oxygen atoms in total. The lowest BCUT2D eigenvalue weighted by molar-refractivity contribution is -0.119. The van der Waals surface area contributed by atoms with Crippen molar-refractivity contribution in [3.8, 4) is 12.3 Å². The first kappa shape index (κ1) is 13.4. The van der Waals surface area contributed by atoms with Crippen molar-refractivity contribution < 1.29 is 9.53 Å². The summed E-state index contributed by atoms with van der Waals surface area (Å²) in [6, 6.07) is 9.89. The van der Waals surface area contributed by atoms with E-state index in [1.165, 1.54) is 0 Å². The fourth-order valence-electron chi connectivity index (χ4n) is 1.31. The zero-order valence-electron chi connectivity index (χ0n) is 9.82. The minimum Gasteiger partial charge on any atom is -0.376 e. The highest BCUT2D eigenvalue weighted by Gasteiger charge is 2.00. The second kappa shape index (κ2) is 8.51. The van der Waals surface area contributed by atoms with Crippen molar-refractivity contribution >= 4 is 5.78 Å². The van der Waals surface area contributed by atoms with Crippen LogP contribution in [0.1, 0.15) is 12.0 Å². The van der Waals surface area contributed by atoms with E-state index in [1.807, 2.05) is 30.3 Å². The van der Waals surface area contributed by atoms with Crippen molar-refractivity contribution in [2.45, 2.75) is 13.0 Å². The second-order valence-electron chi connectivity index (χ2n) is 3.63. The zero-order valence-corrected chi connectivity index (χ0v) is 9.82. The molecule has 0 saturated carbocycles. The number of nitrogens with one attached hydrogen (secondary N) is 1. The summed E-state index contributed by atoms with van der Waals surface area (Å²) in [5.41, 5.74) is 1.12. The summed E-state index contributed by atoms with van der Waals surface area (Å²) in [5.74, 6) is 2.54. The van der Waals surface area contributed by atoms with E-state index in [1.54, 1.807) is 0 Å². The molecular weight excluding hydrogens is 214 g/mol. The molecule has 0 heterocycles. The molecule has 0 spiro atoms. The molecule has 0 aromatic heterocycles. The Kier molecular flexibility index (Phi) is 6.73. The van der Waals surface area contributed by atoms with Gasteiger partial charge in [-0.25, -0.2) is 0 Å². The van der Waals surface area contributed by atoms with Crippen LogP contribution in [0.15, 0.2) is 30.3 Å². The number of carbonyl (C=O) groups is 1. The molecule has 0 saturated heterocycles. The molecule has 0 aliphatic carbocycles. The highest BCUT2D eigenvalue weighted by atomic mass is 16.5. The van der Waals surface area contributed by atoms with Crippen LogP contribution in [0.2, 0.25) is 0 Å². The first-order valence-electron chi connectivity index (χ1n) is 5.60. The minimum atomic E-state index is 0.119. The third kappa shape index (κ3) is 6.52. The molecule has 90 valence electrons. The van der Waals surface area contributed by atoms with E-state index >= 15 is 0 Å². The molecule has 0 bridgehead atoms. The molecule has 1 rings (SSSR count). The highest BCUT2D eigenvalue weighted by Crippen LogP contribution is 2.00. The second-order valence-corrected chi connectivity index (χ2v) is 3.63. The molecule has 0 radical (unpaired) electrons. The number of ether oxygens (including phenoxy) is 1. The van der Waals surface area contributed by atoms with Gasteiger partial charge in [0.05, 0.1) is 26.3 Å². The van der Waals surface area contributed by atoms with E-state index in [0.717, 1.165) is 5.56 Å². The molecule has 1 N–H and O–H groups in total. The number of carbonyl (C=O) groups excluding carboxylic acids is 1. The Balaban J connectivity index is 2.04. The Labute approximate surface area is 102 Å². The van der Waals surface area contributed by atoms with Gasteiger partial charge in [-0.15, -0.1) is 6.42 Å². The van der Waals surface area contributed by atoms with Gasteiger partial charge in [-0.05, 0) is 5.56 Å². The van der Waals surface area contributed by atoms with E-state index in [2.05, 4.69) is 11.2 Å². The minimum absolute atomic E-state index is 0.119. The van der Waals surface area contributed by atoms with Crippen LogP contribution < -0.4 is 5.32 Å². The number of rotatable bonds is 8. The van der Waals surface area contributed by atoms with Crippen LogP contribution >= 0.6 is 0 Å². The van der Waals surface area contributed by atoms with E-state index in [0.29, 0.717) is 32.7 Å². The van der Waals surface area contributed by atoms with Crippen molar-refractivity contribution in [1.82, 2.24) is 5.32 Å². The quantitative estimate of drug-likeness (QED) is 0.542. The topological polar surface area (TPSA) is 38.3 Å². The fraction of sp³-hybridized carbons (Fsp3) is 0.357. The Bertz CT molecular complexity index is 368. The molecule has 0 amide bonds. The molecule has 0 unspecified atom stereocenters. The number of hydrogen-bond acceptors (Lipinski definition) is 3. The zero-order chi connectivity index (χ0) is 12.3. The lowest BCUT2D eigenvalue weighted by atomic mass is 10.2. The third-order valence-corrected chi connectivity index (χ3v) is 2.19. The van der Waals surface area contributed by atoms with Gasteiger partial charge < -0.3 is 4.74 Å². The van der Waals surface area contributed by atoms with Gasteiger partial charge >= 0.3 is 0 Å². The maximum Gasteiger partial charge on any atom is 0.148 e. The maximum absolute atomic E-state index is 11.3. The smallest absolute Gasteiger partial charge is 0.148 e. The van der Waals surface area contributed by atoms with Crippen LogP contribution in [-0.4, -0.2) is 25.5 Å².